The molecule has 0 spiro atoms. The maximum atomic E-state index is 13.5. The first-order valence-corrected chi connectivity index (χ1v) is 6.82. The molecule has 2 aromatic heterocycles. The highest BCUT2D eigenvalue weighted by Gasteiger charge is 2.17. The van der Waals surface area contributed by atoms with Crippen LogP contribution in [0.3, 0.4) is 0 Å². The van der Waals surface area contributed by atoms with Crippen LogP contribution in [0.25, 0.3) is 16.9 Å². The van der Waals surface area contributed by atoms with Crippen molar-refractivity contribution >= 4 is 17.4 Å². The predicted molar refractivity (Wildman–Crippen MR) is 79.5 cm³/mol. The number of benzene rings is 1. The standard InChI is InChI=1S/C16H13F2N3O/c1-2-14(22)20-16-15(10-6-7-11(17)12(18)9-10)19-13-5-3-4-8-21(13)16/h3-9H,2H2,1H3,(H,20,22). The van der Waals surface area contributed by atoms with Crippen LogP contribution in [-0.2, 0) is 4.79 Å². The van der Waals surface area contributed by atoms with Crippen LogP contribution in [0.1, 0.15) is 13.3 Å². The molecule has 22 heavy (non-hydrogen) atoms. The van der Waals surface area contributed by atoms with Gasteiger partial charge in [0.25, 0.3) is 0 Å². The molecule has 4 nitrogen and oxygen atoms in total. The summed E-state index contributed by atoms with van der Waals surface area (Å²) in [5, 5.41) is 2.76. The molecule has 1 aromatic carbocycles. The SMILES string of the molecule is CCC(=O)Nc1c(-c2ccc(F)c(F)c2)nc2ccccn12. The van der Waals surface area contributed by atoms with E-state index in [1.165, 1.54) is 6.07 Å². The summed E-state index contributed by atoms with van der Waals surface area (Å²) in [7, 11) is 0. The molecule has 0 aliphatic rings. The number of anilines is 1. The summed E-state index contributed by atoms with van der Waals surface area (Å²) in [5.74, 6) is -1.63. The lowest BCUT2D eigenvalue weighted by atomic mass is 10.1. The van der Waals surface area contributed by atoms with Crippen LogP contribution < -0.4 is 5.32 Å². The van der Waals surface area contributed by atoms with Crippen molar-refractivity contribution < 1.29 is 13.6 Å². The molecule has 0 saturated heterocycles. The lowest BCUT2D eigenvalue weighted by Gasteiger charge is -2.07. The summed E-state index contributed by atoms with van der Waals surface area (Å²) in [6.45, 7) is 1.73. The summed E-state index contributed by atoms with van der Waals surface area (Å²) in [4.78, 5) is 16.1. The van der Waals surface area contributed by atoms with Crippen LogP contribution in [0.15, 0.2) is 42.6 Å². The minimum absolute atomic E-state index is 0.186. The number of fused-ring (bicyclic) bond motifs is 1. The van der Waals surface area contributed by atoms with Gasteiger partial charge in [-0.3, -0.25) is 9.20 Å². The molecule has 1 amide bonds. The quantitative estimate of drug-likeness (QED) is 0.803. The lowest BCUT2D eigenvalue weighted by Crippen LogP contribution is -2.12. The lowest BCUT2D eigenvalue weighted by molar-refractivity contribution is -0.115. The Kier molecular flexibility index (Phi) is 3.58. The van der Waals surface area contributed by atoms with Gasteiger partial charge < -0.3 is 5.32 Å². The molecule has 0 radical (unpaired) electrons. The van der Waals surface area contributed by atoms with Gasteiger partial charge in [0.1, 0.15) is 17.2 Å². The Balaban J connectivity index is 2.20. The first-order valence-electron chi connectivity index (χ1n) is 6.82. The minimum atomic E-state index is -0.956. The van der Waals surface area contributed by atoms with Crippen molar-refractivity contribution in [1.29, 1.82) is 0 Å². The number of hydrogen-bond donors (Lipinski definition) is 1. The van der Waals surface area contributed by atoms with Crippen LogP contribution in [-0.4, -0.2) is 15.3 Å². The maximum absolute atomic E-state index is 13.5. The molecule has 0 bridgehead atoms. The topological polar surface area (TPSA) is 46.4 Å². The van der Waals surface area contributed by atoms with Crippen molar-refractivity contribution in [3.05, 3.63) is 54.2 Å². The fraction of sp³-hybridized carbons (Fsp3) is 0.125. The molecule has 3 aromatic rings. The third-order valence-electron chi connectivity index (χ3n) is 3.30. The Morgan fingerprint density at radius 1 is 1.23 bits per heavy atom. The summed E-state index contributed by atoms with van der Waals surface area (Å²) < 4.78 is 28.3. The van der Waals surface area contributed by atoms with E-state index >= 15 is 0 Å². The fourth-order valence-electron chi connectivity index (χ4n) is 2.18. The largest absolute Gasteiger partial charge is 0.310 e. The van der Waals surface area contributed by atoms with E-state index in [0.717, 1.165) is 12.1 Å². The van der Waals surface area contributed by atoms with Crippen LogP contribution in [0, 0.1) is 11.6 Å². The molecule has 0 aliphatic carbocycles. The number of rotatable bonds is 3. The van der Waals surface area contributed by atoms with E-state index in [2.05, 4.69) is 10.3 Å². The molecule has 0 fully saturated rings. The van der Waals surface area contributed by atoms with Crippen LogP contribution in [0.4, 0.5) is 14.6 Å². The summed E-state index contributed by atoms with van der Waals surface area (Å²) in [5.41, 5.74) is 1.40. The van der Waals surface area contributed by atoms with E-state index in [1.807, 2.05) is 6.07 Å². The molecular weight excluding hydrogens is 288 g/mol. The van der Waals surface area contributed by atoms with Crippen LogP contribution in [0.5, 0.6) is 0 Å². The highest BCUT2D eigenvalue weighted by atomic mass is 19.2. The molecule has 0 atom stereocenters. The van der Waals surface area contributed by atoms with Gasteiger partial charge in [-0.15, -0.1) is 0 Å². The van der Waals surface area contributed by atoms with Crippen molar-refractivity contribution in [2.45, 2.75) is 13.3 Å². The van der Waals surface area contributed by atoms with Crippen molar-refractivity contribution in [2.24, 2.45) is 0 Å². The number of halogens is 2. The van der Waals surface area contributed by atoms with Gasteiger partial charge in [-0.25, -0.2) is 13.8 Å². The Labute approximate surface area is 125 Å². The third-order valence-corrected chi connectivity index (χ3v) is 3.30. The van der Waals surface area contributed by atoms with E-state index in [0.29, 0.717) is 29.1 Å². The Bertz CT molecular complexity index is 858. The second kappa shape index (κ2) is 5.55. The molecule has 0 unspecified atom stereocenters. The number of carbonyl (C=O) groups is 1. The molecule has 6 heteroatoms. The monoisotopic (exact) mass is 301 g/mol. The maximum Gasteiger partial charge on any atom is 0.225 e. The zero-order valence-corrected chi connectivity index (χ0v) is 11.8. The second-order valence-electron chi connectivity index (χ2n) is 4.77. The minimum Gasteiger partial charge on any atom is -0.310 e. The van der Waals surface area contributed by atoms with Gasteiger partial charge in [0.15, 0.2) is 11.6 Å². The molecule has 0 saturated carbocycles. The van der Waals surface area contributed by atoms with E-state index < -0.39 is 11.6 Å². The Morgan fingerprint density at radius 3 is 2.77 bits per heavy atom. The number of nitrogens with zero attached hydrogens (tertiary/aromatic N) is 2. The molecule has 2 heterocycles. The second-order valence-corrected chi connectivity index (χ2v) is 4.77. The first-order chi connectivity index (χ1) is 10.6. The van der Waals surface area contributed by atoms with Crippen LogP contribution >= 0.6 is 0 Å². The number of hydrogen-bond acceptors (Lipinski definition) is 2. The third kappa shape index (κ3) is 2.43. The van der Waals surface area contributed by atoms with Crippen molar-refractivity contribution in [3.8, 4) is 11.3 Å². The summed E-state index contributed by atoms with van der Waals surface area (Å²) >= 11 is 0. The van der Waals surface area contributed by atoms with Crippen LogP contribution in [0.2, 0.25) is 0 Å². The zero-order valence-electron chi connectivity index (χ0n) is 11.8. The van der Waals surface area contributed by atoms with E-state index in [1.54, 1.807) is 29.7 Å². The number of nitrogens with one attached hydrogen (secondary N) is 1. The van der Waals surface area contributed by atoms with Crippen molar-refractivity contribution in [2.75, 3.05) is 5.32 Å². The van der Waals surface area contributed by atoms with Gasteiger partial charge in [-0.05, 0) is 30.3 Å². The first kappa shape index (κ1) is 14.2. The zero-order chi connectivity index (χ0) is 15.7. The Morgan fingerprint density at radius 2 is 2.05 bits per heavy atom. The number of pyridine rings is 1. The number of aromatic nitrogens is 2. The summed E-state index contributed by atoms with van der Waals surface area (Å²) in [6, 6.07) is 8.92. The molecule has 0 aliphatic heterocycles. The number of carbonyl (C=O) groups excluding carboxylic acids is 1. The van der Waals surface area contributed by atoms with Gasteiger partial charge in [-0.2, -0.15) is 0 Å². The Hall–Kier alpha value is -2.76. The molecule has 3 rings (SSSR count). The van der Waals surface area contributed by atoms with Gasteiger partial charge in [-0.1, -0.05) is 13.0 Å². The van der Waals surface area contributed by atoms with Gasteiger partial charge in [0, 0.05) is 18.2 Å². The fourth-order valence-corrected chi connectivity index (χ4v) is 2.18. The van der Waals surface area contributed by atoms with E-state index in [9.17, 15) is 13.6 Å². The highest BCUT2D eigenvalue weighted by molar-refractivity contribution is 5.94. The van der Waals surface area contributed by atoms with Crippen molar-refractivity contribution in [1.82, 2.24) is 9.38 Å². The number of imidazole rings is 1. The molecule has 1 N–H and O–H groups in total. The number of amides is 1. The van der Waals surface area contributed by atoms with Gasteiger partial charge >= 0.3 is 0 Å². The normalized spacial score (nSPS) is 10.9. The average molecular weight is 301 g/mol. The predicted octanol–water partition coefficient (Wildman–Crippen LogP) is 3.63. The average Bonchev–Trinajstić information content (AvgIpc) is 2.89. The summed E-state index contributed by atoms with van der Waals surface area (Å²) in [6.07, 6.45) is 2.05. The van der Waals surface area contributed by atoms with E-state index in [-0.39, 0.29) is 5.91 Å². The molecule has 112 valence electrons. The van der Waals surface area contributed by atoms with Gasteiger partial charge in [0.05, 0.1) is 0 Å². The smallest absolute Gasteiger partial charge is 0.225 e. The van der Waals surface area contributed by atoms with E-state index in [4.69, 9.17) is 0 Å². The molecular formula is C16H13F2N3O. The van der Waals surface area contributed by atoms with Crippen molar-refractivity contribution in [3.63, 3.8) is 0 Å². The van der Waals surface area contributed by atoms with Gasteiger partial charge in [0.2, 0.25) is 5.91 Å². The highest BCUT2D eigenvalue weighted by Crippen LogP contribution is 2.29.